The predicted molar refractivity (Wildman–Crippen MR) is 129 cm³/mol. The average Bonchev–Trinajstić information content (AvgIpc) is 3.13. The lowest BCUT2D eigenvalue weighted by Gasteiger charge is -2.19. The van der Waals surface area contributed by atoms with Crippen LogP contribution in [0.15, 0.2) is 60.2 Å². The topological polar surface area (TPSA) is 105 Å². The molecular weight excluding hydrogens is 440 g/mol. The molecule has 0 bridgehead atoms. The Bertz CT molecular complexity index is 1010. The first kappa shape index (κ1) is 24.4. The highest BCUT2D eigenvalue weighted by atomic mass is 32.2. The number of fused-ring (bicyclic) bond motifs is 3. The van der Waals surface area contributed by atoms with Crippen molar-refractivity contribution in [3.05, 3.63) is 71.3 Å². The Morgan fingerprint density at radius 3 is 2.27 bits per heavy atom. The van der Waals surface area contributed by atoms with E-state index in [2.05, 4.69) is 22.8 Å². The Kier molecular flexibility index (Phi) is 8.54. The number of rotatable bonds is 10. The molecule has 3 N–H and O–H groups in total. The van der Waals surface area contributed by atoms with Crippen LogP contribution in [-0.2, 0) is 14.3 Å². The summed E-state index contributed by atoms with van der Waals surface area (Å²) >= 11 is 1.56. The molecule has 2 aromatic carbocycles. The number of hydrogen-bond donors (Lipinski definition) is 3. The normalized spacial score (nSPS) is 13.6. The molecule has 0 aliphatic heterocycles. The van der Waals surface area contributed by atoms with Crippen molar-refractivity contribution in [2.45, 2.75) is 25.3 Å². The second-order valence-corrected chi connectivity index (χ2v) is 8.73. The van der Waals surface area contributed by atoms with E-state index in [1.54, 1.807) is 11.8 Å². The summed E-state index contributed by atoms with van der Waals surface area (Å²) in [6.07, 6.45) is 3.11. The molecule has 1 aliphatic rings. The quantitative estimate of drug-likeness (QED) is 0.458. The van der Waals surface area contributed by atoms with Gasteiger partial charge in [-0.1, -0.05) is 54.6 Å². The lowest BCUT2D eigenvalue weighted by Crippen LogP contribution is -2.47. The fraction of sp³-hybridized carbons (Fsp3) is 0.320. The number of nitrogens with one attached hydrogen (secondary N) is 2. The fourth-order valence-corrected chi connectivity index (χ4v) is 4.27. The number of carboxylic acids is 1. The minimum atomic E-state index is -1.04. The van der Waals surface area contributed by atoms with Gasteiger partial charge in [-0.2, -0.15) is 11.8 Å². The summed E-state index contributed by atoms with van der Waals surface area (Å²) in [6, 6.07) is 15.4. The maximum atomic E-state index is 12.6. The van der Waals surface area contributed by atoms with E-state index in [9.17, 15) is 14.4 Å². The number of thioether (sulfide) groups is 1. The molecule has 2 aromatic rings. The molecule has 33 heavy (non-hydrogen) atoms. The number of alkyl carbamates (subject to hydrolysis) is 1. The average molecular weight is 469 g/mol. The molecule has 2 amide bonds. The number of carbonyl (C=O) groups excluding carboxylic acids is 2. The van der Waals surface area contributed by atoms with Crippen molar-refractivity contribution in [1.82, 2.24) is 10.6 Å². The molecule has 0 spiro atoms. The fourth-order valence-electron chi connectivity index (χ4n) is 3.80. The van der Waals surface area contributed by atoms with E-state index in [0.29, 0.717) is 12.2 Å². The van der Waals surface area contributed by atoms with Crippen LogP contribution in [0.2, 0.25) is 0 Å². The number of carboxylic acid groups (broad SMARTS) is 1. The minimum absolute atomic E-state index is 0.0641. The number of hydrogen-bond acceptors (Lipinski definition) is 5. The Balaban J connectivity index is 1.61. The van der Waals surface area contributed by atoms with Crippen LogP contribution in [0, 0.1) is 0 Å². The van der Waals surface area contributed by atoms with Gasteiger partial charge in [-0.3, -0.25) is 4.79 Å². The van der Waals surface area contributed by atoms with Crippen LogP contribution in [0.1, 0.15) is 30.4 Å². The monoisotopic (exact) mass is 468 g/mol. The van der Waals surface area contributed by atoms with Crippen LogP contribution in [0.3, 0.4) is 0 Å². The molecule has 0 aromatic heterocycles. The third kappa shape index (κ3) is 6.16. The van der Waals surface area contributed by atoms with Crippen molar-refractivity contribution in [1.29, 1.82) is 0 Å². The van der Waals surface area contributed by atoms with Crippen molar-refractivity contribution in [2.24, 2.45) is 0 Å². The number of amides is 2. The Morgan fingerprint density at radius 1 is 1.09 bits per heavy atom. The van der Waals surface area contributed by atoms with Gasteiger partial charge in [-0.15, -0.1) is 0 Å². The van der Waals surface area contributed by atoms with Crippen LogP contribution in [0.4, 0.5) is 4.79 Å². The molecular formula is C25H28N2O5S. The molecule has 3 rings (SSSR count). The molecule has 0 heterocycles. The molecule has 1 aliphatic carbocycles. The van der Waals surface area contributed by atoms with E-state index in [1.165, 1.54) is 13.0 Å². The van der Waals surface area contributed by atoms with Crippen molar-refractivity contribution in [2.75, 3.05) is 25.2 Å². The smallest absolute Gasteiger partial charge is 0.407 e. The zero-order valence-electron chi connectivity index (χ0n) is 18.7. The Hall–Kier alpha value is -3.26. The van der Waals surface area contributed by atoms with Crippen molar-refractivity contribution >= 4 is 29.7 Å². The third-order valence-electron chi connectivity index (χ3n) is 5.58. The van der Waals surface area contributed by atoms with Crippen LogP contribution in [-0.4, -0.2) is 54.3 Å². The van der Waals surface area contributed by atoms with E-state index in [0.717, 1.165) is 22.3 Å². The van der Waals surface area contributed by atoms with Crippen LogP contribution in [0.25, 0.3) is 11.1 Å². The molecule has 1 unspecified atom stereocenters. The number of benzene rings is 2. The summed E-state index contributed by atoms with van der Waals surface area (Å²) < 4.78 is 5.55. The van der Waals surface area contributed by atoms with Gasteiger partial charge in [0.15, 0.2) is 0 Å². The summed E-state index contributed by atoms with van der Waals surface area (Å²) in [6.45, 7) is 1.69. The summed E-state index contributed by atoms with van der Waals surface area (Å²) in [5.74, 6) is -0.816. The van der Waals surface area contributed by atoms with E-state index < -0.39 is 18.1 Å². The highest BCUT2D eigenvalue weighted by Crippen LogP contribution is 2.44. The molecule has 1 atom stereocenters. The van der Waals surface area contributed by atoms with Crippen molar-refractivity contribution in [3.8, 4) is 11.1 Å². The van der Waals surface area contributed by atoms with Gasteiger partial charge in [0.2, 0.25) is 5.91 Å². The zero-order valence-corrected chi connectivity index (χ0v) is 19.5. The molecule has 7 nitrogen and oxygen atoms in total. The largest absolute Gasteiger partial charge is 0.478 e. The molecule has 0 saturated carbocycles. The Labute approximate surface area is 197 Å². The molecule has 174 valence electrons. The first-order valence-corrected chi connectivity index (χ1v) is 12.1. The van der Waals surface area contributed by atoms with Gasteiger partial charge in [0.25, 0.3) is 0 Å². The summed E-state index contributed by atoms with van der Waals surface area (Å²) in [4.78, 5) is 36.0. The number of ether oxygens (including phenoxy) is 1. The summed E-state index contributed by atoms with van der Waals surface area (Å²) in [7, 11) is 0. The first-order valence-electron chi connectivity index (χ1n) is 10.7. The minimum Gasteiger partial charge on any atom is -0.478 e. The second-order valence-electron chi connectivity index (χ2n) is 7.74. The van der Waals surface area contributed by atoms with Gasteiger partial charge in [-0.25, -0.2) is 9.59 Å². The summed E-state index contributed by atoms with van der Waals surface area (Å²) in [5.41, 5.74) is 4.65. The van der Waals surface area contributed by atoms with Gasteiger partial charge < -0.3 is 20.5 Å². The van der Waals surface area contributed by atoms with E-state index in [4.69, 9.17) is 9.84 Å². The standard InChI is InChI=1S/C25H28N2O5S/c1-16(24(29)30)11-13-26-23(28)22(12-14-33-2)27-25(31)32-15-21-19-9-5-3-7-17(19)18-8-4-6-10-20(18)21/h3-11,21-22H,12-15H2,1-2H3,(H,26,28)(H,27,31)(H,29,30)/b16-11+. The maximum Gasteiger partial charge on any atom is 0.407 e. The predicted octanol–water partition coefficient (Wildman–Crippen LogP) is 3.79. The van der Waals surface area contributed by atoms with Crippen LogP contribution in [0.5, 0.6) is 0 Å². The molecule has 8 heteroatoms. The van der Waals surface area contributed by atoms with Crippen molar-refractivity contribution in [3.63, 3.8) is 0 Å². The van der Waals surface area contributed by atoms with Crippen LogP contribution < -0.4 is 10.6 Å². The highest BCUT2D eigenvalue weighted by molar-refractivity contribution is 7.98. The van der Waals surface area contributed by atoms with Gasteiger partial charge in [0.1, 0.15) is 12.6 Å². The first-order chi connectivity index (χ1) is 15.9. The number of aliphatic carboxylic acids is 1. The van der Waals surface area contributed by atoms with E-state index >= 15 is 0 Å². The van der Waals surface area contributed by atoms with Gasteiger partial charge in [0, 0.05) is 18.0 Å². The van der Waals surface area contributed by atoms with Gasteiger partial charge in [0.05, 0.1) is 0 Å². The van der Waals surface area contributed by atoms with E-state index in [-0.39, 0.29) is 30.5 Å². The van der Waals surface area contributed by atoms with Crippen LogP contribution >= 0.6 is 11.8 Å². The van der Waals surface area contributed by atoms with Gasteiger partial charge >= 0.3 is 12.1 Å². The third-order valence-corrected chi connectivity index (χ3v) is 6.23. The summed E-state index contributed by atoms with van der Waals surface area (Å²) in [5, 5.41) is 14.2. The SMILES string of the molecule is CSCCC(NC(=O)OCC1c2ccccc2-c2ccccc21)C(=O)NC/C=C(\C)C(=O)O. The Morgan fingerprint density at radius 2 is 1.70 bits per heavy atom. The van der Waals surface area contributed by atoms with E-state index in [1.807, 2.05) is 42.7 Å². The molecule has 0 saturated heterocycles. The number of carbonyl (C=O) groups is 3. The second kappa shape index (κ2) is 11.6. The lowest BCUT2D eigenvalue weighted by molar-refractivity contribution is -0.132. The zero-order chi connectivity index (χ0) is 23.8. The molecule has 0 fully saturated rings. The van der Waals surface area contributed by atoms with Gasteiger partial charge in [-0.05, 0) is 47.6 Å². The molecule has 0 radical (unpaired) electrons. The maximum absolute atomic E-state index is 12.6. The highest BCUT2D eigenvalue weighted by Gasteiger charge is 2.29. The lowest BCUT2D eigenvalue weighted by atomic mass is 9.98. The van der Waals surface area contributed by atoms with Crippen molar-refractivity contribution < 1.29 is 24.2 Å².